The van der Waals surface area contributed by atoms with Gasteiger partial charge in [0, 0.05) is 12.6 Å². The average molecular weight is 320 g/mol. The lowest BCUT2D eigenvalue weighted by Gasteiger charge is -2.18. The molecule has 0 saturated heterocycles. The standard InChI is InChI=1S/C11H16N2O5S2/c1-18-10(15)9-11(19-6-12-9)20(16,17)13-8-4-2-3-7(8)5-14/h6-8,13-14H,2-5H2,1H3. The first kappa shape index (κ1) is 15.4. The molecule has 0 aliphatic heterocycles. The molecule has 0 aromatic carbocycles. The molecular formula is C11H16N2O5S2. The molecule has 0 spiro atoms. The van der Waals surface area contributed by atoms with Gasteiger partial charge in [0.1, 0.15) is 0 Å². The maximum Gasteiger partial charge on any atom is 0.358 e. The monoisotopic (exact) mass is 320 g/mol. The summed E-state index contributed by atoms with van der Waals surface area (Å²) in [6.45, 7) is -0.0558. The third-order valence-corrected chi connectivity index (χ3v) is 6.22. The van der Waals surface area contributed by atoms with Gasteiger partial charge in [0.25, 0.3) is 10.0 Å². The zero-order chi connectivity index (χ0) is 14.8. The van der Waals surface area contributed by atoms with Crippen LogP contribution in [-0.2, 0) is 14.8 Å². The fourth-order valence-corrected chi connectivity index (χ4v) is 4.81. The Balaban J connectivity index is 2.23. The van der Waals surface area contributed by atoms with Gasteiger partial charge in [0.2, 0.25) is 0 Å². The number of hydrogen-bond acceptors (Lipinski definition) is 7. The van der Waals surface area contributed by atoms with Gasteiger partial charge in [-0.2, -0.15) is 0 Å². The molecule has 0 bridgehead atoms. The molecule has 1 heterocycles. The quantitative estimate of drug-likeness (QED) is 0.759. The van der Waals surface area contributed by atoms with Crippen LogP contribution in [0, 0.1) is 5.92 Å². The first-order valence-electron chi connectivity index (χ1n) is 6.14. The molecule has 0 radical (unpaired) electrons. The molecule has 20 heavy (non-hydrogen) atoms. The van der Waals surface area contributed by atoms with Crippen molar-refractivity contribution < 1.29 is 23.1 Å². The Morgan fingerprint density at radius 2 is 2.35 bits per heavy atom. The van der Waals surface area contributed by atoms with Crippen molar-refractivity contribution >= 4 is 27.3 Å². The van der Waals surface area contributed by atoms with E-state index in [0.29, 0.717) is 6.42 Å². The number of carbonyl (C=O) groups is 1. The summed E-state index contributed by atoms with van der Waals surface area (Å²) in [5.74, 6) is -0.865. The van der Waals surface area contributed by atoms with Crippen LogP contribution < -0.4 is 4.72 Å². The van der Waals surface area contributed by atoms with Gasteiger partial charge in [-0.15, -0.1) is 11.3 Å². The number of methoxy groups -OCH3 is 1. The first-order valence-corrected chi connectivity index (χ1v) is 8.51. The van der Waals surface area contributed by atoms with E-state index in [9.17, 15) is 18.3 Å². The highest BCUT2D eigenvalue weighted by Gasteiger charge is 2.33. The third kappa shape index (κ3) is 3.00. The number of thiazole rings is 1. The summed E-state index contributed by atoms with van der Waals surface area (Å²) < 4.78 is 31.6. The van der Waals surface area contributed by atoms with E-state index in [1.54, 1.807) is 0 Å². The number of nitrogens with zero attached hydrogens (tertiary/aromatic N) is 1. The molecule has 7 nitrogen and oxygen atoms in total. The third-order valence-electron chi connectivity index (χ3n) is 3.36. The minimum Gasteiger partial charge on any atom is -0.464 e. The summed E-state index contributed by atoms with van der Waals surface area (Å²) >= 11 is 0.867. The van der Waals surface area contributed by atoms with Crippen molar-refractivity contribution in [1.29, 1.82) is 0 Å². The lowest BCUT2D eigenvalue weighted by Crippen LogP contribution is -2.38. The van der Waals surface area contributed by atoms with E-state index < -0.39 is 16.0 Å². The largest absolute Gasteiger partial charge is 0.464 e. The molecule has 1 aliphatic rings. The van der Waals surface area contributed by atoms with Crippen molar-refractivity contribution in [2.45, 2.75) is 29.5 Å². The summed E-state index contributed by atoms with van der Waals surface area (Å²) in [5.41, 5.74) is 1.09. The Kier molecular flexibility index (Phi) is 4.74. The lowest BCUT2D eigenvalue weighted by molar-refractivity contribution is 0.0590. The van der Waals surface area contributed by atoms with Gasteiger partial charge in [-0.25, -0.2) is 22.9 Å². The molecule has 1 aromatic heterocycles. The van der Waals surface area contributed by atoms with E-state index in [4.69, 9.17) is 0 Å². The van der Waals surface area contributed by atoms with Gasteiger partial charge in [0.05, 0.1) is 12.6 Å². The highest BCUT2D eigenvalue weighted by Crippen LogP contribution is 2.28. The number of esters is 1. The van der Waals surface area contributed by atoms with E-state index in [-0.39, 0.29) is 28.5 Å². The summed E-state index contributed by atoms with van der Waals surface area (Å²) in [7, 11) is -2.66. The molecule has 1 aliphatic carbocycles. The van der Waals surface area contributed by atoms with Gasteiger partial charge in [-0.05, 0) is 18.8 Å². The van der Waals surface area contributed by atoms with E-state index in [2.05, 4.69) is 14.4 Å². The van der Waals surface area contributed by atoms with E-state index in [1.165, 1.54) is 12.6 Å². The van der Waals surface area contributed by atoms with Gasteiger partial charge in [-0.1, -0.05) is 6.42 Å². The molecule has 2 atom stereocenters. The van der Waals surface area contributed by atoms with Gasteiger partial charge in [0.15, 0.2) is 9.90 Å². The number of aliphatic hydroxyl groups is 1. The number of hydrogen-bond donors (Lipinski definition) is 2. The zero-order valence-electron chi connectivity index (χ0n) is 10.9. The molecule has 112 valence electrons. The second kappa shape index (κ2) is 6.17. The molecule has 1 fully saturated rings. The van der Waals surface area contributed by atoms with E-state index in [1.807, 2.05) is 0 Å². The summed E-state index contributed by atoms with van der Waals surface area (Å²) in [6.07, 6.45) is 2.33. The number of aliphatic hydroxyl groups excluding tert-OH is 1. The van der Waals surface area contributed by atoms with Crippen LogP contribution in [0.1, 0.15) is 29.8 Å². The van der Waals surface area contributed by atoms with Crippen LogP contribution in [0.2, 0.25) is 0 Å². The SMILES string of the molecule is COC(=O)c1ncsc1S(=O)(=O)NC1CCCC1CO. The van der Waals surface area contributed by atoms with Crippen molar-refractivity contribution in [2.75, 3.05) is 13.7 Å². The Bertz CT molecular complexity index is 583. The number of aromatic nitrogens is 1. The lowest BCUT2D eigenvalue weighted by atomic mass is 10.1. The molecule has 1 aromatic rings. The van der Waals surface area contributed by atoms with E-state index in [0.717, 1.165) is 24.2 Å². The van der Waals surface area contributed by atoms with Crippen LogP contribution in [0.5, 0.6) is 0 Å². The Morgan fingerprint density at radius 1 is 1.60 bits per heavy atom. The van der Waals surface area contributed by atoms with Crippen molar-refractivity contribution in [3.63, 3.8) is 0 Å². The number of sulfonamides is 1. The number of rotatable bonds is 5. The summed E-state index contributed by atoms with van der Waals surface area (Å²) in [6, 6.07) is -0.308. The maximum absolute atomic E-state index is 12.3. The average Bonchev–Trinajstić information content (AvgIpc) is 3.05. The predicted octanol–water partition coefficient (Wildman–Crippen LogP) is 0.369. The molecule has 1 saturated carbocycles. The van der Waals surface area contributed by atoms with Gasteiger partial charge in [-0.3, -0.25) is 0 Å². The summed E-state index contributed by atoms with van der Waals surface area (Å²) in [4.78, 5) is 15.2. The highest BCUT2D eigenvalue weighted by molar-refractivity contribution is 7.91. The van der Waals surface area contributed by atoms with Crippen LogP contribution in [-0.4, -0.2) is 44.2 Å². The Labute approximate surface area is 121 Å². The fraction of sp³-hybridized carbons (Fsp3) is 0.636. The molecule has 2 unspecified atom stereocenters. The number of carbonyl (C=O) groups excluding carboxylic acids is 1. The molecule has 2 rings (SSSR count). The van der Waals surface area contributed by atoms with Crippen LogP contribution in [0.15, 0.2) is 9.72 Å². The molecule has 0 amide bonds. The minimum atomic E-state index is -3.84. The number of ether oxygens (including phenoxy) is 1. The van der Waals surface area contributed by atoms with Crippen molar-refractivity contribution in [3.8, 4) is 0 Å². The topological polar surface area (TPSA) is 106 Å². The smallest absolute Gasteiger partial charge is 0.358 e. The predicted molar refractivity (Wildman–Crippen MR) is 72.0 cm³/mol. The molecule has 2 N–H and O–H groups in total. The normalized spacial score (nSPS) is 22.9. The van der Waals surface area contributed by atoms with Crippen molar-refractivity contribution in [1.82, 2.24) is 9.71 Å². The second-order valence-electron chi connectivity index (χ2n) is 4.58. The fourth-order valence-electron chi connectivity index (χ4n) is 2.32. The zero-order valence-corrected chi connectivity index (χ0v) is 12.5. The minimum absolute atomic E-state index is 0.0558. The van der Waals surface area contributed by atoms with Crippen LogP contribution in [0.4, 0.5) is 0 Å². The Morgan fingerprint density at radius 3 is 3.00 bits per heavy atom. The van der Waals surface area contributed by atoms with Crippen LogP contribution in [0.3, 0.4) is 0 Å². The van der Waals surface area contributed by atoms with Gasteiger partial charge >= 0.3 is 5.97 Å². The molecular weight excluding hydrogens is 304 g/mol. The summed E-state index contributed by atoms with van der Waals surface area (Å²) in [5, 5.41) is 9.23. The van der Waals surface area contributed by atoms with Crippen molar-refractivity contribution in [2.24, 2.45) is 5.92 Å². The highest BCUT2D eigenvalue weighted by atomic mass is 32.2. The molecule has 9 heteroatoms. The van der Waals surface area contributed by atoms with Crippen LogP contribution >= 0.6 is 11.3 Å². The van der Waals surface area contributed by atoms with E-state index >= 15 is 0 Å². The Hall–Kier alpha value is -1.03. The van der Waals surface area contributed by atoms with Crippen LogP contribution in [0.25, 0.3) is 0 Å². The van der Waals surface area contributed by atoms with Crippen molar-refractivity contribution in [3.05, 3.63) is 11.2 Å². The van der Waals surface area contributed by atoms with Gasteiger partial charge < -0.3 is 9.84 Å². The maximum atomic E-state index is 12.3. The number of nitrogens with one attached hydrogen (secondary N) is 1. The second-order valence-corrected chi connectivity index (χ2v) is 7.35. The first-order chi connectivity index (χ1) is 9.49.